The highest BCUT2D eigenvalue weighted by Crippen LogP contribution is 2.37. The fourth-order valence-corrected chi connectivity index (χ4v) is 3.60. The van der Waals surface area contributed by atoms with Crippen molar-refractivity contribution in [3.63, 3.8) is 0 Å². The lowest BCUT2D eigenvalue weighted by molar-refractivity contribution is 0.362. The molecule has 0 radical (unpaired) electrons. The lowest BCUT2D eigenvalue weighted by Crippen LogP contribution is -2.56. The Kier molecular flexibility index (Phi) is 3.36. The van der Waals surface area contributed by atoms with Gasteiger partial charge >= 0.3 is 0 Å². The molecule has 22 heavy (non-hydrogen) atoms. The molecular weight excluding hydrogens is 321 g/mol. The first kappa shape index (κ1) is 14.1. The van der Waals surface area contributed by atoms with Crippen LogP contribution in [-0.2, 0) is 0 Å². The third kappa shape index (κ3) is 2.12. The van der Waals surface area contributed by atoms with Crippen molar-refractivity contribution in [3.05, 3.63) is 34.4 Å². The number of benzene rings is 1. The Hall–Kier alpha value is -1.56. The van der Waals surface area contributed by atoms with E-state index < -0.39 is 0 Å². The van der Waals surface area contributed by atoms with E-state index in [1.165, 1.54) is 0 Å². The Morgan fingerprint density at radius 2 is 2.14 bits per heavy atom. The van der Waals surface area contributed by atoms with E-state index in [0.717, 1.165) is 25.5 Å². The summed E-state index contributed by atoms with van der Waals surface area (Å²) in [6, 6.07) is 5.91. The van der Waals surface area contributed by atoms with Crippen molar-refractivity contribution in [1.29, 1.82) is 0 Å². The average molecular weight is 336 g/mol. The molecule has 1 aromatic heterocycles. The van der Waals surface area contributed by atoms with E-state index in [2.05, 4.69) is 20.2 Å². The molecule has 0 aliphatic carbocycles. The van der Waals surface area contributed by atoms with Crippen LogP contribution in [0.15, 0.2) is 24.4 Å². The van der Waals surface area contributed by atoms with Crippen molar-refractivity contribution in [1.82, 2.24) is 15.3 Å². The first-order valence-electron chi connectivity index (χ1n) is 7.19. The molecule has 0 saturated carbocycles. The van der Waals surface area contributed by atoms with Gasteiger partial charge in [-0.3, -0.25) is 0 Å². The standard InChI is InChI=1S/C15H15Cl2N5/c16-10-3-1-2-9(13(10)17)14-15(18)21-12(6-20-14)22-7-8-4-19-5-11(8)22/h1-3,6,8,11,19H,4-5,7H2,(H2,18,21)/t8-,11+/m1/s1. The van der Waals surface area contributed by atoms with E-state index in [4.69, 9.17) is 28.9 Å². The van der Waals surface area contributed by atoms with Crippen LogP contribution in [-0.4, -0.2) is 35.6 Å². The van der Waals surface area contributed by atoms with Crippen molar-refractivity contribution in [3.8, 4) is 11.3 Å². The summed E-state index contributed by atoms with van der Waals surface area (Å²) in [6.45, 7) is 3.08. The number of aromatic nitrogens is 2. The van der Waals surface area contributed by atoms with Crippen molar-refractivity contribution in [2.75, 3.05) is 30.3 Å². The molecule has 3 N–H and O–H groups in total. The molecule has 2 aliphatic heterocycles. The minimum Gasteiger partial charge on any atom is -0.382 e. The molecule has 7 heteroatoms. The maximum absolute atomic E-state index is 6.24. The molecule has 1 aromatic carbocycles. The van der Waals surface area contributed by atoms with Gasteiger partial charge in [0.05, 0.1) is 16.2 Å². The first-order valence-corrected chi connectivity index (χ1v) is 7.95. The van der Waals surface area contributed by atoms with Gasteiger partial charge < -0.3 is 16.0 Å². The highest BCUT2D eigenvalue weighted by molar-refractivity contribution is 6.43. The van der Waals surface area contributed by atoms with Gasteiger partial charge in [-0.1, -0.05) is 35.3 Å². The molecule has 2 aromatic rings. The highest BCUT2D eigenvalue weighted by Gasteiger charge is 2.42. The fraction of sp³-hybridized carbons (Fsp3) is 0.333. The quantitative estimate of drug-likeness (QED) is 0.882. The number of nitrogens with zero attached hydrogens (tertiary/aromatic N) is 3. The van der Waals surface area contributed by atoms with Crippen LogP contribution in [0.2, 0.25) is 10.0 Å². The Bertz CT molecular complexity index is 736. The molecule has 0 spiro atoms. The van der Waals surface area contributed by atoms with E-state index in [1.54, 1.807) is 12.3 Å². The molecular formula is C15H15Cl2N5. The topological polar surface area (TPSA) is 67.1 Å². The number of nitrogens with one attached hydrogen (secondary N) is 1. The SMILES string of the molecule is Nc1nc(N2C[C@H]3CNC[C@@H]32)cnc1-c1cccc(Cl)c1Cl. The number of rotatable bonds is 2. The minimum atomic E-state index is 0.371. The highest BCUT2D eigenvalue weighted by atomic mass is 35.5. The van der Waals surface area contributed by atoms with Gasteiger partial charge in [0.15, 0.2) is 5.82 Å². The van der Waals surface area contributed by atoms with Crippen LogP contribution in [0.25, 0.3) is 11.3 Å². The number of anilines is 2. The van der Waals surface area contributed by atoms with Gasteiger partial charge in [-0.15, -0.1) is 0 Å². The summed E-state index contributed by atoms with van der Waals surface area (Å²) in [5, 5.41) is 4.32. The van der Waals surface area contributed by atoms with Crippen LogP contribution >= 0.6 is 23.2 Å². The Morgan fingerprint density at radius 1 is 1.27 bits per heavy atom. The van der Waals surface area contributed by atoms with Crippen molar-refractivity contribution in [2.45, 2.75) is 6.04 Å². The monoisotopic (exact) mass is 335 g/mol. The van der Waals surface area contributed by atoms with Gasteiger partial charge in [0.25, 0.3) is 0 Å². The number of halogens is 2. The summed E-state index contributed by atoms with van der Waals surface area (Å²) in [6.07, 6.45) is 1.76. The molecule has 114 valence electrons. The minimum absolute atomic E-state index is 0.371. The molecule has 2 atom stereocenters. The summed E-state index contributed by atoms with van der Waals surface area (Å²) < 4.78 is 0. The second kappa shape index (κ2) is 5.26. The van der Waals surface area contributed by atoms with Gasteiger partial charge in [-0.25, -0.2) is 9.97 Å². The van der Waals surface area contributed by atoms with Crippen LogP contribution in [0.3, 0.4) is 0 Å². The number of hydrogen-bond acceptors (Lipinski definition) is 5. The zero-order valence-corrected chi connectivity index (χ0v) is 13.3. The summed E-state index contributed by atoms with van der Waals surface area (Å²) >= 11 is 12.3. The first-order chi connectivity index (χ1) is 10.6. The summed E-state index contributed by atoms with van der Waals surface area (Å²) in [5.74, 6) is 1.91. The third-order valence-corrected chi connectivity index (χ3v) is 5.24. The molecule has 2 aliphatic rings. The number of hydrogen-bond donors (Lipinski definition) is 2. The molecule has 3 heterocycles. The third-order valence-electron chi connectivity index (χ3n) is 4.42. The zero-order valence-electron chi connectivity index (χ0n) is 11.8. The lowest BCUT2D eigenvalue weighted by atomic mass is 9.92. The van der Waals surface area contributed by atoms with Crippen molar-refractivity contribution in [2.24, 2.45) is 5.92 Å². The molecule has 0 amide bonds. The number of fused-ring (bicyclic) bond motifs is 1. The maximum Gasteiger partial charge on any atom is 0.152 e. The lowest BCUT2D eigenvalue weighted by Gasteiger charge is -2.44. The van der Waals surface area contributed by atoms with Gasteiger partial charge in [-0.2, -0.15) is 0 Å². The predicted octanol–water partition coefficient (Wildman–Crippen LogP) is 2.44. The van der Waals surface area contributed by atoms with Gasteiger partial charge in [-0.05, 0) is 6.07 Å². The van der Waals surface area contributed by atoms with E-state index >= 15 is 0 Å². The van der Waals surface area contributed by atoms with Crippen LogP contribution in [0, 0.1) is 5.92 Å². The molecule has 5 nitrogen and oxygen atoms in total. The van der Waals surface area contributed by atoms with E-state index in [-0.39, 0.29) is 0 Å². The van der Waals surface area contributed by atoms with Gasteiger partial charge in [0, 0.05) is 37.2 Å². The maximum atomic E-state index is 6.24. The van der Waals surface area contributed by atoms with Gasteiger partial charge in [0.2, 0.25) is 0 Å². The van der Waals surface area contributed by atoms with Gasteiger partial charge in [0.1, 0.15) is 11.5 Å². The summed E-state index contributed by atoms with van der Waals surface area (Å²) in [4.78, 5) is 11.2. The average Bonchev–Trinajstić information content (AvgIpc) is 2.84. The second-order valence-electron chi connectivity index (χ2n) is 5.70. The van der Waals surface area contributed by atoms with Crippen LogP contribution in [0.4, 0.5) is 11.6 Å². The summed E-state index contributed by atoms with van der Waals surface area (Å²) in [5.41, 5.74) is 7.38. The molecule has 2 fully saturated rings. The predicted molar refractivity (Wildman–Crippen MR) is 89.4 cm³/mol. The van der Waals surface area contributed by atoms with Crippen LogP contribution in [0.5, 0.6) is 0 Å². The Balaban J connectivity index is 1.67. The number of nitrogen functional groups attached to an aromatic ring is 1. The molecule has 2 saturated heterocycles. The smallest absolute Gasteiger partial charge is 0.152 e. The van der Waals surface area contributed by atoms with Crippen molar-refractivity contribution < 1.29 is 0 Å². The van der Waals surface area contributed by atoms with Crippen molar-refractivity contribution >= 4 is 34.8 Å². The molecule has 0 bridgehead atoms. The normalized spacial score (nSPS) is 23.3. The van der Waals surface area contributed by atoms with E-state index in [1.807, 2.05) is 12.1 Å². The van der Waals surface area contributed by atoms with Crippen LogP contribution < -0.4 is 16.0 Å². The molecule has 4 rings (SSSR count). The Labute approximate surface area is 138 Å². The van der Waals surface area contributed by atoms with E-state index in [0.29, 0.717) is 39.1 Å². The zero-order chi connectivity index (χ0) is 15.3. The van der Waals surface area contributed by atoms with Crippen LogP contribution in [0.1, 0.15) is 0 Å². The second-order valence-corrected chi connectivity index (χ2v) is 6.49. The largest absolute Gasteiger partial charge is 0.382 e. The summed E-state index contributed by atoms with van der Waals surface area (Å²) in [7, 11) is 0. The molecule has 0 unspecified atom stereocenters. The number of nitrogens with two attached hydrogens (primary N) is 1. The Morgan fingerprint density at radius 3 is 2.91 bits per heavy atom. The fourth-order valence-electron chi connectivity index (χ4n) is 3.21. The van der Waals surface area contributed by atoms with E-state index in [9.17, 15) is 0 Å².